The Morgan fingerprint density at radius 2 is 1.57 bits per heavy atom. The van der Waals surface area contributed by atoms with Crippen LogP contribution in [-0.4, -0.2) is 29.4 Å². The molecule has 2 aliphatic carbocycles. The molecule has 1 aliphatic heterocycles. The van der Waals surface area contributed by atoms with Crippen LogP contribution < -0.4 is 5.32 Å². The lowest BCUT2D eigenvalue weighted by molar-refractivity contribution is -0.129. The Kier molecular flexibility index (Phi) is 4.35. The summed E-state index contributed by atoms with van der Waals surface area (Å²) in [5.41, 5.74) is 1.20. The van der Waals surface area contributed by atoms with E-state index >= 15 is 0 Å². The number of anilines is 1. The van der Waals surface area contributed by atoms with Gasteiger partial charge in [0.05, 0.1) is 23.4 Å². The van der Waals surface area contributed by atoms with Crippen LogP contribution >= 0.6 is 0 Å². The van der Waals surface area contributed by atoms with Gasteiger partial charge in [0.25, 0.3) is 5.91 Å². The fraction of sp³-hybridized carbons (Fsp3) is 0.250. The molecular weight excluding hydrogens is 382 g/mol. The summed E-state index contributed by atoms with van der Waals surface area (Å²) in [7, 11) is 0. The first kappa shape index (κ1) is 18.5. The summed E-state index contributed by atoms with van der Waals surface area (Å²) in [5.74, 6) is -1.75. The first-order valence-electron chi connectivity index (χ1n) is 10.1. The summed E-state index contributed by atoms with van der Waals surface area (Å²) < 4.78 is 5.66. The van der Waals surface area contributed by atoms with Crippen molar-refractivity contribution < 1.29 is 23.9 Å². The second-order valence-corrected chi connectivity index (χ2v) is 7.85. The fourth-order valence-electron chi connectivity index (χ4n) is 4.58. The number of fused-ring (bicyclic) bond motifs is 3. The van der Waals surface area contributed by atoms with Crippen molar-refractivity contribution in [2.24, 2.45) is 5.92 Å². The maximum absolute atomic E-state index is 13.1. The maximum atomic E-state index is 13.1. The number of amides is 1. The molecule has 2 unspecified atom stereocenters. The average molecular weight is 401 g/mol. The smallest absolute Gasteiger partial charge is 0.262 e. The molecule has 3 aliphatic rings. The third kappa shape index (κ3) is 2.79. The summed E-state index contributed by atoms with van der Waals surface area (Å²) in [6.07, 6.45) is 4.54. The molecule has 0 aromatic heterocycles. The van der Waals surface area contributed by atoms with Gasteiger partial charge in [-0.3, -0.25) is 19.2 Å². The molecule has 150 valence electrons. The molecule has 0 saturated heterocycles. The summed E-state index contributed by atoms with van der Waals surface area (Å²) in [5, 5.41) is 2.67. The number of ketones is 3. The van der Waals surface area contributed by atoms with E-state index in [4.69, 9.17) is 4.74 Å². The van der Waals surface area contributed by atoms with Crippen LogP contribution in [0.15, 0.2) is 54.3 Å². The van der Waals surface area contributed by atoms with Crippen LogP contribution in [0.1, 0.15) is 57.5 Å². The molecule has 5 rings (SSSR count). The predicted molar refractivity (Wildman–Crippen MR) is 108 cm³/mol. The molecule has 0 spiro atoms. The molecule has 1 N–H and O–H groups in total. The van der Waals surface area contributed by atoms with Gasteiger partial charge in [0.2, 0.25) is 0 Å². The minimum atomic E-state index is -0.628. The standard InChI is InChI=1S/C24H19NO5/c26-21-13-6-1-2-7-14(13)23(28)20-16(21)9-5-10-18(20)25-24(29)17-12-30-19-11-4-3-8-15(19)22(17)27/h1-2,5-7,9-10,12,15,19H,3-4,8,11H2,(H,25,29). The number of Topliss-reactive ketones (excluding diaryl/α,β-unsaturated/α-hetero) is 1. The third-order valence-electron chi connectivity index (χ3n) is 6.11. The van der Waals surface area contributed by atoms with Crippen molar-refractivity contribution in [2.75, 3.05) is 5.32 Å². The van der Waals surface area contributed by atoms with Gasteiger partial charge in [-0.15, -0.1) is 0 Å². The van der Waals surface area contributed by atoms with Crippen LogP contribution in [0, 0.1) is 5.92 Å². The second-order valence-electron chi connectivity index (χ2n) is 7.85. The Hall–Kier alpha value is -3.54. The Bertz CT molecular complexity index is 1150. The highest BCUT2D eigenvalue weighted by atomic mass is 16.5. The normalized spacial score (nSPS) is 22.3. The van der Waals surface area contributed by atoms with Crippen molar-refractivity contribution in [1.29, 1.82) is 0 Å². The van der Waals surface area contributed by atoms with Gasteiger partial charge in [-0.1, -0.05) is 42.8 Å². The lowest BCUT2D eigenvalue weighted by Gasteiger charge is -2.33. The van der Waals surface area contributed by atoms with E-state index < -0.39 is 5.91 Å². The van der Waals surface area contributed by atoms with Crippen molar-refractivity contribution in [2.45, 2.75) is 31.8 Å². The van der Waals surface area contributed by atoms with Crippen LogP contribution in [0.5, 0.6) is 0 Å². The molecular formula is C24H19NO5. The monoisotopic (exact) mass is 401 g/mol. The minimum absolute atomic E-state index is 0.0502. The van der Waals surface area contributed by atoms with Crippen LogP contribution in [0.2, 0.25) is 0 Å². The van der Waals surface area contributed by atoms with E-state index in [0.29, 0.717) is 17.5 Å². The topological polar surface area (TPSA) is 89.5 Å². The zero-order valence-electron chi connectivity index (χ0n) is 16.1. The molecule has 2 aromatic carbocycles. The number of rotatable bonds is 2. The third-order valence-corrected chi connectivity index (χ3v) is 6.11. The van der Waals surface area contributed by atoms with Crippen LogP contribution in [0.25, 0.3) is 0 Å². The highest BCUT2D eigenvalue weighted by Gasteiger charge is 2.39. The summed E-state index contributed by atoms with van der Waals surface area (Å²) in [6.45, 7) is 0. The quantitative estimate of drug-likeness (QED) is 0.665. The molecule has 1 saturated carbocycles. The van der Waals surface area contributed by atoms with Crippen molar-refractivity contribution in [1.82, 2.24) is 0 Å². The van der Waals surface area contributed by atoms with E-state index in [1.807, 2.05) is 0 Å². The van der Waals surface area contributed by atoms with Crippen LogP contribution in [-0.2, 0) is 14.3 Å². The molecule has 30 heavy (non-hydrogen) atoms. The number of carbonyl (C=O) groups is 4. The number of carbonyl (C=O) groups excluding carboxylic acids is 4. The molecule has 0 radical (unpaired) electrons. The highest BCUT2D eigenvalue weighted by Crippen LogP contribution is 2.35. The van der Waals surface area contributed by atoms with E-state index in [9.17, 15) is 19.2 Å². The van der Waals surface area contributed by atoms with E-state index in [-0.39, 0.29) is 51.8 Å². The van der Waals surface area contributed by atoms with Gasteiger partial charge in [-0.05, 0) is 25.3 Å². The summed E-state index contributed by atoms with van der Waals surface area (Å²) in [4.78, 5) is 51.7. The molecule has 6 nitrogen and oxygen atoms in total. The predicted octanol–water partition coefficient (Wildman–Crippen LogP) is 3.44. The minimum Gasteiger partial charge on any atom is -0.496 e. The van der Waals surface area contributed by atoms with Crippen molar-refractivity contribution in [3.8, 4) is 0 Å². The molecule has 2 aromatic rings. The largest absolute Gasteiger partial charge is 0.496 e. The van der Waals surface area contributed by atoms with E-state index in [1.54, 1.807) is 42.5 Å². The van der Waals surface area contributed by atoms with Gasteiger partial charge < -0.3 is 10.1 Å². The summed E-state index contributed by atoms with van der Waals surface area (Å²) >= 11 is 0. The number of hydrogen-bond donors (Lipinski definition) is 1. The molecule has 1 heterocycles. The van der Waals surface area contributed by atoms with E-state index in [1.165, 1.54) is 6.26 Å². The van der Waals surface area contributed by atoms with Crippen LogP contribution in [0.4, 0.5) is 5.69 Å². The first-order valence-corrected chi connectivity index (χ1v) is 10.1. The van der Waals surface area contributed by atoms with Gasteiger partial charge in [0, 0.05) is 16.7 Å². The van der Waals surface area contributed by atoms with Crippen molar-refractivity contribution in [3.63, 3.8) is 0 Å². The van der Waals surface area contributed by atoms with Crippen molar-refractivity contribution in [3.05, 3.63) is 76.6 Å². The lowest BCUT2D eigenvalue weighted by atomic mass is 9.80. The number of nitrogens with one attached hydrogen (secondary N) is 1. The number of benzene rings is 2. The first-order chi connectivity index (χ1) is 14.6. The maximum Gasteiger partial charge on any atom is 0.262 e. The van der Waals surface area contributed by atoms with E-state index in [0.717, 1.165) is 19.3 Å². The van der Waals surface area contributed by atoms with Crippen LogP contribution in [0.3, 0.4) is 0 Å². The molecule has 6 heteroatoms. The molecule has 1 amide bonds. The second kappa shape index (κ2) is 7.06. The Morgan fingerprint density at radius 1 is 0.867 bits per heavy atom. The number of ether oxygens (including phenoxy) is 1. The van der Waals surface area contributed by atoms with E-state index in [2.05, 4.69) is 5.32 Å². The average Bonchev–Trinajstić information content (AvgIpc) is 2.78. The van der Waals surface area contributed by atoms with Crippen molar-refractivity contribution >= 4 is 28.9 Å². The fourth-order valence-corrected chi connectivity index (χ4v) is 4.58. The zero-order chi connectivity index (χ0) is 20.8. The number of hydrogen-bond acceptors (Lipinski definition) is 5. The SMILES string of the molecule is O=C(Nc1cccc2c1C(=O)c1ccccc1C2=O)C1=COC2CCCCC2C1=O. The lowest BCUT2D eigenvalue weighted by Crippen LogP contribution is -2.39. The summed E-state index contributed by atoms with van der Waals surface area (Å²) in [6, 6.07) is 11.4. The Balaban J connectivity index is 1.48. The zero-order valence-corrected chi connectivity index (χ0v) is 16.1. The van der Waals surface area contributed by atoms with Gasteiger partial charge >= 0.3 is 0 Å². The molecule has 1 fully saturated rings. The van der Waals surface area contributed by atoms with Gasteiger partial charge in [0.15, 0.2) is 17.3 Å². The van der Waals surface area contributed by atoms with Gasteiger partial charge in [-0.2, -0.15) is 0 Å². The Morgan fingerprint density at radius 3 is 2.37 bits per heavy atom. The highest BCUT2D eigenvalue weighted by molar-refractivity contribution is 6.31. The van der Waals surface area contributed by atoms with Gasteiger partial charge in [0.1, 0.15) is 11.7 Å². The Labute approximate surface area is 172 Å². The molecule has 2 atom stereocenters. The van der Waals surface area contributed by atoms with Gasteiger partial charge in [-0.25, -0.2) is 0 Å². The molecule has 0 bridgehead atoms.